The van der Waals surface area contributed by atoms with Gasteiger partial charge in [-0.3, -0.25) is 9.69 Å². The van der Waals surface area contributed by atoms with Crippen molar-refractivity contribution in [2.75, 3.05) is 26.3 Å². The lowest BCUT2D eigenvalue weighted by Gasteiger charge is -2.27. The van der Waals surface area contributed by atoms with Gasteiger partial charge < -0.3 is 15.2 Å². The van der Waals surface area contributed by atoms with Crippen LogP contribution < -0.4 is 5.73 Å². The Morgan fingerprint density at radius 1 is 1.19 bits per heavy atom. The molecule has 0 bridgehead atoms. The van der Waals surface area contributed by atoms with Gasteiger partial charge in [0.1, 0.15) is 0 Å². The quantitative estimate of drug-likeness (QED) is 0.632. The first-order chi connectivity index (χ1) is 10.2. The molecule has 0 saturated heterocycles. The van der Waals surface area contributed by atoms with Gasteiger partial charge in [0.15, 0.2) is 6.29 Å². The van der Waals surface area contributed by atoms with E-state index in [0.717, 1.165) is 6.54 Å². The van der Waals surface area contributed by atoms with Crippen molar-refractivity contribution in [1.29, 1.82) is 0 Å². The molecule has 0 aliphatic rings. The molecule has 118 valence electrons. The predicted octanol–water partition coefficient (Wildman–Crippen LogP) is 1.76. The maximum Gasteiger partial charge on any atom is 0.218 e. The van der Waals surface area contributed by atoms with E-state index in [4.69, 9.17) is 15.2 Å². The largest absolute Gasteiger partial charge is 0.370 e. The fourth-order valence-electron chi connectivity index (χ4n) is 2.08. The number of benzene rings is 1. The fourth-order valence-corrected chi connectivity index (χ4v) is 2.08. The third kappa shape index (κ3) is 7.80. The van der Waals surface area contributed by atoms with E-state index in [-0.39, 0.29) is 12.2 Å². The molecule has 1 amide bonds. The van der Waals surface area contributed by atoms with E-state index < -0.39 is 0 Å². The van der Waals surface area contributed by atoms with Gasteiger partial charge in [-0.1, -0.05) is 30.3 Å². The summed E-state index contributed by atoms with van der Waals surface area (Å²) in [6.07, 6.45) is 0.0502. The van der Waals surface area contributed by atoms with E-state index in [0.29, 0.717) is 32.7 Å². The summed E-state index contributed by atoms with van der Waals surface area (Å²) in [5.74, 6) is -0.294. The van der Waals surface area contributed by atoms with Crippen LogP contribution in [0.4, 0.5) is 0 Å². The molecule has 2 N–H and O–H groups in total. The van der Waals surface area contributed by atoms with Crippen LogP contribution in [-0.2, 0) is 20.8 Å². The highest BCUT2D eigenvalue weighted by Gasteiger charge is 2.15. The average molecular weight is 294 g/mol. The van der Waals surface area contributed by atoms with Crippen LogP contribution in [0.5, 0.6) is 0 Å². The molecule has 1 aromatic carbocycles. The van der Waals surface area contributed by atoms with Gasteiger partial charge in [0.2, 0.25) is 5.91 Å². The number of hydrogen-bond donors (Lipinski definition) is 1. The van der Waals surface area contributed by atoms with E-state index in [1.165, 1.54) is 5.56 Å². The number of rotatable bonds is 11. The maximum absolute atomic E-state index is 11.0. The molecule has 0 unspecified atom stereocenters. The molecule has 0 spiro atoms. The number of ether oxygens (including phenoxy) is 2. The van der Waals surface area contributed by atoms with Crippen LogP contribution in [0.2, 0.25) is 0 Å². The molecule has 0 atom stereocenters. The first kappa shape index (κ1) is 17.6. The first-order valence-electron chi connectivity index (χ1n) is 7.43. The molecule has 5 nitrogen and oxygen atoms in total. The van der Waals surface area contributed by atoms with Crippen molar-refractivity contribution in [3.63, 3.8) is 0 Å². The molecule has 0 aliphatic carbocycles. The van der Waals surface area contributed by atoms with Crippen LogP contribution in [0.15, 0.2) is 30.3 Å². The standard InChI is InChI=1S/C16H26N2O3/c1-3-20-16(21-4-2)13-18(11-10-15(17)19)12-14-8-6-5-7-9-14/h5-9,16H,3-4,10-13H2,1-2H3,(H2,17,19). The van der Waals surface area contributed by atoms with E-state index in [2.05, 4.69) is 17.0 Å². The number of amides is 1. The normalized spacial score (nSPS) is 11.2. The van der Waals surface area contributed by atoms with Crippen molar-refractivity contribution in [2.24, 2.45) is 5.73 Å². The van der Waals surface area contributed by atoms with Crippen molar-refractivity contribution >= 4 is 5.91 Å². The zero-order valence-corrected chi connectivity index (χ0v) is 13.0. The SMILES string of the molecule is CCOC(CN(CCC(N)=O)Cc1ccccc1)OCC. The Morgan fingerprint density at radius 3 is 2.33 bits per heavy atom. The fraction of sp³-hybridized carbons (Fsp3) is 0.562. The summed E-state index contributed by atoms with van der Waals surface area (Å²) in [6, 6.07) is 10.1. The van der Waals surface area contributed by atoms with Crippen LogP contribution in [0, 0.1) is 0 Å². The monoisotopic (exact) mass is 294 g/mol. The Hall–Kier alpha value is -1.43. The summed E-state index contributed by atoms with van der Waals surface area (Å²) in [6.45, 7) is 7.03. The van der Waals surface area contributed by atoms with Gasteiger partial charge in [-0.25, -0.2) is 0 Å². The second kappa shape index (κ2) is 10.3. The molecule has 0 fully saturated rings. The van der Waals surface area contributed by atoms with Crippen molar-refractivity contribution in [2.45, 2.75) is 33.1 Å². The number of carbonyl (C=O) groups excluding carboxylic acids is 1. The van der Waals surface area contributed by atoms with Crippen molar-refractivity contribution in [1.82, 2.24) is 4.90 Å². The Bertz CT molecular complexity index is 392. The van der Waals surface area contributed by atoms with E-state index in [9.17, 15) is 4.79 Å². The summed E-state index contributed by atoms with van der Waals surface area (Å²) < 4.78 is 11.2. The molecule has 1 aromatic rings. The van der Waals surface area contributed by atoms with Crippen LogP contribution in [0.1, 0.15) is 25.8 Å². The van der Waals surface area contributed by atoms with Crippen LogP contribution in [0.3, 0.4) is 0 Å². The molecular weight excluding hydrogens is 268 g/mol. The van der Waals surface area contributed by atoms with Gasteiger partial charge in [-0.05, 0) is 19.4 Å². The van der Waals surface area contributed by atoms with Gasteiger partial charge in [0.25, 0.3) is 0 Å². The number of nitrogens with zero attached hydrogens (tertiary/aromatic N) is 1. The molecule has 21 heavy (non-hydrogen) atoms. The summed E-state index contributed by atoms with van der Waals surface area (Å²) in [7, 11) is 0. The lowest BCUT2D eigenvalue weighted by molar-refractivity contribution is -0.148. The molecular formula is C16H26N2O3. The van der Waals surface area contributed by atoms with Crippen molar-refractivity contribution < 1.29 is 14.3 Å². The molecule has 0 heterocycles. The van der Waals surface area contributed by atoms with Crippen LogP contribution in [-0.4, -0.2) is 43.4 Å². The van der Waals surface area contributed by atoms with Gasteiger partial charge in [-0.2, -0.15) is 0 Å². The number of primary amides is 1. The Kier molecular flexibility index (Phi) is 8.66. The summed E-state index contributed by atoms with van der Waals surface area (Å²) in [5, 5.41) is 0. The lowest BCUT2D eigenvalue weighted by Crippen LogP contribution is -2.37. The van der Waals surface area contributed by atoms with Crippen LogP contribution >= 0.6 is 0 Å². The van der Waals surface area contributed by atoms with Gasteiger partial charge in [0, 0.05) is 39.3 Å². The number of carbonyl (C=O) groups is 1. The Balaban J connectivity index is 2.63. The highest BCUT2D eigenvalue weighted by atomic mass is 16.7. The minimum absolute atomic E-state index is 0.281. The topological polar surface area (TPSA) is 64.8 Å². The Labute approximate surface area is 127 Å². The van der Waals surface area contributed by atoms with Gasteiger partial charge in [0.05, 0.1) is 0 Å². The molecule has 1 rings (SSSR count). The number of nitrogens with two attached hydrogens (primary N) is 1. The second-order valence-corrected chi connectivity index (χ2v) is 4.78. The zero-order chi connectivity index (χ0) is 15.5. The molecule has 0 saturated carbocycles. The van der Waals surface area contributed by atoms with Gasteiger partial charge in [-0.15, -0.1) is 0 Å². The van der Waals surface area contributed by atoms with Crippen LogP contribution in [0.25, 0.3) is 0 Å². The molecule has 0 radical (unpaired) electrons. The third-order valence-electron chi connectivity index (χ3n) is 3.04. The molecule has 5 heteroatoms. The average Bonchev–Trinajstić information content (AvgIpc) is 2.46. The number of hydrogen-bond acceptors (Lipinski definition) is 4. The predicted molar refractivity (Wildman–Crippen MR) is 82.6 cm³/mol. The highest BCUT2D eigenvalue weighted by Crippen LogP contribution is 2.08. The van der Waals surface area contributed by atoms with Crippen molar-refractivity contribution in [3.8, 4) is 0 Å². The zero-order valence-electron chi connectivity index (χ0n) is 13.0. The van der Waals surface area contributed by atoms with E-state index in [1.807, 2.05) is 32.0 Å². The molecule has 0 aliphatic heterocycles. The van der Waals surface area contributed by atoms with E-state index >= 15 is 0 Å². The maximum atomic E-state index is 11.0. The third-order valence-corrected chi connectivity index (χ3v) is 3.04. The van der Waals surface area contributed by atoms with Gasteiger partial charge >= 0.3 is 0 Å². The van der Waals surface area contributed by atoms with Crippen molar-refractivity contribution in [3.05, 3.63) is 35.9 Å². The minimum atomic E-state index is -0.294. The first-order valence-corrected chi connectivity index (χ1v) is 7.43. The summed E-state index contributed by atoms with van der Waals surface area (Å²) in [4.78, 5) is 13.2. The van der Waals surface area contributed by atoms with E-state index in [1.54, 1.807) is 0 Å². The molecule has 0 aromatic heterocycles. The summed E-state index contributed by atoms with van der Waals surface area (Å²) >= 11 is 0. The second-order valence-electron chi connectivity index (χ2n) is 4.78. The Morgan fingerprint density at radius 2 is 1.81 bits per heavy atom. The smallest absolute Gasteiger partial charge is 0.218 e. The lowest BCUT2D eigenvalue weighted by atomic mass is 10.2. The highest BCUT2D eigenvalue weighted by molar-refractivity contribution is 5.73. The minimum Gasteiger partial charge on any atom is -0.370 e. The summed E-state index contributed by atoms with van der Waals surface area (Å²) in [5.41, 5.74) is 6.44.